The van der Waals surface area contributed by atoms with Crippen molar-refractivity contribution in [2.45, 2.75) is 20.3 Å². The van der Waals surface area contributed by atoms with Crippen molar-refractivity contribution in [2.75, 3.05) is 19.0 Å². The van der Waals surface area contributed by atoms with Crippen molar-refractivity contribution in [1.29, 1.82) is 0 Å². The van der Waals surface area contributed by atoms with Crippen molar-refractivity contribution >= 4 is 11.7 Å². The SMILES string of the molecule is COc1cc(C)c(NCCC(=O)O)cc1C. The van der Waals surface area contributed by atoms with Crippen LogP contribution in [0.1, 0.15) is 17.5 Å². The first-order valence-corrected chi connectivity index (χ1v) is 5.15. The van der Waals surface area contributed by atoms with Crippen LogP contribution < -0.4 is 10.1 Å². The van der Waals surface area contributed by atoms with Gasteiger partial charge < -0.3 is 15.2 Å². The van der Waals surface area contributed by atoms with Crippen LogP contribution in [0.5, 0.6) is 5.75 Å². The van der Waals surface area contributed by atoms with Crippen LogP contribution in [0.25, 0.3) is 0 Å². The van der Waals surface area contributed by atoms with E-state index in [9.17, 15) is 4.79 Å². The maximum absolute atomic E-state index is 10.4. The Hall–Kier alpha value is -1.71. The molecule has 0 unspecified atom stereocenters. The smallest absolute Gasteiger partial charge is 0.305 e. The number of carboxylic acid groups (broad SMARTS) is 1. The van der Waals surface area contributed by atoms with Gasteiger partial charge in [-0.05, 0) is 37.1 Å². The maximum Gasteiger partial charge on any atom is 0.305 e. The third-order valence-corrected chi connectivity index (χ3v) is 2.40. The van der Waals surface area contributed by atoms with E-state index in [1.54, 1.807) is 7.11 Å². The van der Waals surface area contributed by atoms with Gasteiger partial charge >= 0.3 is 5.97 Å². The summed E-state index contributed by atoms with van der Waals surface area (Å²) in [4.78, 5) is 10.4. The highest BCUT2D eigenvalue weighted by Crippen LogP contribution is 2.25. The highest BCUT2D eigenvalue weighted by atomic mass is 16.5. The third-order valence-electron chi connectivity index (χ3n) is 2.40. The van der Waals surface area contributed by atoms with Gasteiger partial charge in [0, 0.05) is 12.2 Å². The minimum absolute atomic E-state index is 0.116. The van der Waals surface area contributed by atoms with E-state index < -0.39 is 5.97 Å². The summed E-state index contributed by atoms with van der Waals surface area (Å²) in [7, 11) is 1.64. The molecule has 0 saturated carbocycles. The van der Waals surface area contributed by atoms with Crippen LogP contribution in [0.15, 0.2) is 12.1 Å². The number of carboxylic acids is 1. The molecule has 0 radical (unpaired) electrons. The summed E-state index contributed by atoms with van der Waals surface area (Å²) in [6.07, 6.45) is 0.116. The molecule has 0 aliphatic rings. The number of hydrogen-bond donors (Lipinski definition) is 2. The molecule has 88 valence electrons. The third kappa shape index (κ3) is 3.15. The molecule has 0 fully saturated rings. The number of carbonyl (C=O) groups is 1. The predicted octanol–water partition coefficient (Wildman–Crippen LogP) is 2.20. The van der Waals surface area contributed by atoms with Gasteiger partial charge in [0.2, 0.25) is 0 Å². The quantitative estimate of drug-likeness (QED) is 0.803. The van der Waals surface area contributed by atoms with Gasteiger partial charge in [-0.2, -0.15) is 0 Å². The molecule has 1 aromatic rings. The van der Waals surface area contributed by atoms with E-state index in [0.29, 0.717) is 6.54 Å². The van der Waals surface area contributed by atoms with Crippen molar-refractivity contribution in [3.8, 4) is 5.75 Å². The lowest BCUT2D eigenvalue weighted by Crippen LogP contribution is -2.08. The van der Waals surface area contributed by atoms with Gasteiger partial charge in [0.1, 0.15) is 5.75 Å². The Kier molecular flexibility index (Phi) is 4.17. The number of benzene rings is 1. The lowest BCUT2D eigenvalue weighted by molar-refractivity contribution is -0.136. The molecule has 0 aromatic heterocycles. The zero-order valence-electron chi connectivity index (χ0n) is 9.83. The topological polar surface area (TPSA) is 58.6 Å². The number of anilines is 1. The number of aliphatic carboxylic acids is 1. The Balaban J connectivity index is 2.73. The van der Waals surface area contributed by atoms with Gasteiger partial charge in [-0.25, -0.2) is 0 Å². The largest absolute Gasteiger partial charge is 0.496 e. The van der Waals surface area contributed by atoms with Crippen molar-refractivity contribution in [2.24, 2.45) is 0 Å². The number of methoxy groups -OCH3 is 1. The normalized spacial score (nSPS) is 9.94. The second-order valence-corrected chi connectivity index (χ2v) is 3.71. The molecule has 16 heavy (non-hydrogen) atoms. The average Bonchev–Trinajstić information content (AvgIpc) is 2.22. The highest BCUT2D eigenvalue weighted by molar-refractivity contribution is 5.67. The first-order valence-electron chi connectivity index (χ1n) is 5.15. The predicted molar refractivity (Wildman–Crippen MR) is 63.2 cm³/mol. The van der Waals surface area contributed by atoms with E-state index in [2.05, 4.69) is 5.32 Å². The van der Waals surface area contributed by atoms with Crippen LogP contribution in [0.4, 0.5) is 5.69 Å². The molecule has 4 nitrogen and oxygen atoms in total. The zero-order chi connectivity index (χ0) is 12.1. The number of rotatable bonds is 5. The van der Waals surface area contributed by atoms with Crippen molar-refractivity contribution in [3.63, 3.8) is 0 Å². The highest BCUT2D eigenvalue weighted by Gasteiger charge is 2.04. The average molecular weight is 223 g/mol. The van der Waals surface area contributed by atoms with E-state index in [1.165, 1.54) is 0 Å². The molecule has 2 N–H and O–H groups in total. The second kappa shape index (κ2) is 5.39. The van der Waals surface area contributed by atoms with Crippen LogP contribution in [0.2, 0.25) is 0 Å². The van der Waals surface area contributed by atoms with E-state index in [-0.39, 0.29) is 6.42 Å². The Morgan fingerprint density at radius 3 is 2.62 bits per heavy atom. The molecule has 0 amide bonds. The lowest BCUT2D eigenvalue weighted by atomic mass is 10.1. The summed E-state index contributed by atoms with van der Waals surface area (Å²) in [5.74, 6) is 0.0525. The molecule has 0 spiro atoms. The van der Waals surface area contributed by atoms with Crippen LogP contribution in [-0.4, -0.2) is 24.7 Å². The lowest BCUT2D eigenvalue weighted by Gasteiger charge is -2.12. The molecule has 1 aromatic carbocycles. The number of aryl methyl sites for hydroxylation is 2. The number of nitrogens with one attached hydrogen (secondary N) is 1. The molecule has 1 rings (SSSR count). The maximum atomic E-state index is 10.4. The fourth-order valence-electron chi connectivity index (χ4n) is 1.50. The summed E-state index contributed by atoms with van der Waals surface area (Å²) >= 11 is 0. The van der Waals surface area contributed by atoms with E-state index in [4.69, 9.17) is 9.84 Å². The van der Waals surface area contributed by atoms with Gasteiger partial charge in [-0.1, -0.05) is 0 Å². The summed E-state index contributed by atoms with van der Waals surface area (Å²) in [5, 5.41) is 11.6. The van der Waals surface area contributed by atoms with Crippen LogP contribution in [0, 0.1) is 13.8 Å². The minimum Gasteiger partial charge on any atom is -0.496 e. The van der Waals surface area contributed by atoms with Crippen molar-refractivity contribution < 1.29 is 14.6 Å². The Morgan fingerprint density at radius 1 is 1.38 bits per heavy atom. The summed E-state index contributed by atoms with van der Waals surface area (Å²) in [6.45, 7) is 4.35. The van der Waals surface area contributed by atoms with Gasteiger partial charge in [-0.15, -0.1) is 0 Å². The molecule has 0 aliphatic heterocycles. The molecular formula is C12H17NO3. The monoisotopic (exact) mass is 223 g/mol. The van der Waals surface area contributed by atoms with Gasteiger partial charge in [-0.3, -0.25) is 4.79 Å². The van der Waals surface area contributed by atoms with E-state index >= 15 is 0 Å². The minimum atomic E-state index is -0.796. The standard InChI is InChI=1S/C12H17NO3/c1-8-7-11(16-3)9(2)6-10(8)13-5-4-12(14)15/h6-7,13H,4-5H2,1-3H3,(H,14,15). The molecule has 0 saturated heterocycles. The molecule has 0 atom stereocenters. The van der Waals surface area contributed by atoms with Gasteiger partial charge in [0.05, 0.1) is 13.5 Å². The second-order valence-electron chi connectivity index (χ2n) is 3.71. The molecule has 4 heteroatoms. The molecule has 0 bridgehead atoms. The zero-order valence-corrected chi connectivity index (χ0v) is 9.83. The Bertz CT molecular complexity index is 388. The fraction of sp³-hybridized carbons (Fsp3) is 0.417. The van der Waals surface area contributed by atoms with Crippen molar-refractivity contribution in [1.82, 2.24) is 0 Å². The van der Waals surface area contributed by atoms with Crippen LogP contribution >= 0.6 is 0 Å². The van der Waals surface area contributed by atoms with Crippen LogP contribution in [0.3, 0.4) is 0 Å². The molecular weight excluding hydrogens is 206 g/mol. The number of hydrogen-bond acceptors (Lipinski definition) is 3. The number of ether oxygens (including phenoxy) is 1. The summed E-state index contributed by atoms with van der Waals surface area (Å²) in [5.41, 5.74) is 3.04. The van der Waals surface area contributed by atoms with Gasteiger partial charge in [0.15, 0.2) is 0 Å². The summed E-state index contributed by atoms with van der Waals surface area (Å²) < 4.78 is 5.20. The van der Waals surface area contributed by atoms with Crippen molar-refractivity contribution in [3.05, 3.63) is 23.3 Å². The van der Waals surface area contributed by atoms with E-state index in [0.717, 1.165) is 22.6 Å². The first kappa shape index (κ1) is 12.4. The van der Waals surface area contributed by atoms with E-state index in [1.807, 2.05) is 26.0 Å². The molecule has 0 heterocycles. The first-order chi connectivity index (χ1) is 7.54. The molecule has 0 aliphatic carbocycles. The Labute approximate surface area is 95.2 Å². The van der Waals surface area contributed by atoms with Gasteiger partial charge in [0.25, 0.3) is 0 Å². The Morgan fingerprint density at radius 2 is 2.06 bits per heavy atom. The fourth-order valence-corrected chi connectivity index (χ4v) is 1.50. The summed E-state index contributed by atoms with van der Waals surface area (Å²) in [6, 6.07) is 3.91. The van der Waals surface area contributed by atoms with Crippen LogP contribution in [-0.2, 0) is 4.79 Å².